The summed E-state index contributed by atoms with van der Waals surface area (Å²) in [5.74, 6) is 0. The molecule has 1 unspecified atom stereocenters. The van der Waals surface area contributed by atoms with E-state index in [4.69, 9.17) is 9.47 Å². The van der Waals surface area contributed by atoms with Crippen molar-refractivity contribution in [2.75, 3.05) is 57.9 Å². The molecule has 0 aliphatic carbocycles. The third-order valence-electron chi connectivity index (χ3n) is 4.54. The van der Waals surface area contributed by atoms with E-state index in [0.29, 0.717) is 32.3 Å². The molecule has 6 heteroatoms. The number of carbonyl (C=O) groups is 1. The van der Waals surface area contributed by atoms with Crippen LogP contribution in [-0.4, -0.2) is 68.4 Å². The van der Waals surface area contributed by atoms with E-state index in [2.05, 4.69) is 29.3 Å². The number of benzene rings is 1. The molecule has 0 bridgehead atoms. The molecule has 2 heterocycles. The fourth-order valence-electron chi connectivity index (χ4n) is 2.99. The van der Waals surface area contributed by atoms with Gasteiger partial charge in [-0.3, -0.25) is 4.90 Å². The van der Waals surface area contributed by atoms with Crippen LogP contribution in [0, 0.1) is 0 Å². The number of amides is 2. The first-order chi connectivity index (χ1) is 11.2. The molecule has 3 rings (SSSR count). The summed E-state index contributed by atoms with van der Waals surface area (Å²) in [6.45, 7) is 8.29. The monoisotopic (exact) mass is 319 g/mol. The standard InChI is InChI=1S/C17H25N3O3/c1-14(19-6-10-22-11-7-19)15-2-4-16(5-3-15)18-17(21)20-8-12-23-13-9-20/h2-5,14H,6-13H2,1H3,(H,18,21). The summed E-state index contributed by atoms with van der Waals surface area (Å²) < 4.78 is 10.7. The van der Waals surface area contributed by atoms with Crippen LogP contribution in [0.5, 0.6) is 0 Å². The lowest BCUT2D eigenvalue weighted by atomic mass is 10.1. The fraction of sp³-hybridized carbons (Fsp3) is 0.588. The highest BCUT2D eigenvalue weighted by molar-refractivity contribution is 5.89. The number of ether oxygens (including phenoxy) is 2. The molecule has 0 spiro atoms. The normalized spacial score (nSPS) is 21.0. The molecular weight excluding hydrogens is 294 g/mol. The number of hydrogen-bond acceptors (Lipinski definition) is 4. The van der Waals surface area contributed by atoms with Gasteiger partial charge in [0.15, 0.2) is 0 Å². The molecule has 2 aliphatic heterocycles. The third kappa shape index (κ3) is 4.22. The number of anilines is 1. The average molecular weight is 319 g/mol. The molecule has 6 nitrogen and oxygen atoms in total. The van der Waals surface area contributed by atoms with Crippen molar-refractivity contribution in [1.82, 2.24) is 9.80 Å². The molecule has 0 radical (unpaired) electrons. The quantitative estimate of drug-likeness (QED) is 0.925. The largest absolute Gasteiger partial charge is 0.379 e. The minimum atomic E-state index is -0.0534. The van der Waals surface area contributed by atoms with E-state index < -0.39 is 0 Å². The van der Waals surface area contributed by atoms with Crippen molar-refractivity contribution in [3.8, 4) is 0 Å². The number of nitrogens with zero attached hydrogens (tertiary/aromatic N) is 2. The molecule has 0 saturated carbocycles. The van der Waals surface area contributed by atoms with Gasteiger partial charge in [-0.15, -0.1) is 0 Å². The first-order valence-corrected chi connectivity index (χ1v) is 8.29. The van der Waals surface area contributed by atoms with Crippen molar-refractivity contribution in [3.63, 3.8) is 0 Å². The lowest BCUT2D eigenvalue weighted by Crippen LogP contribution is -2.43. The Labute approximate surface area is 137 Å². The van der Waals surface area contributed by atoms with Gasteiger partial charge in [-0.1, -0.05) is 12.1 Å². The van der Waals surface area contributed by atoms with Gasteiger partial charge in [0.2, 0.25) is 0 Å². The van der Waals surface area contributed by atoms with Gasteiger partial charge in [-0.05, 0) is 24.6 Å². The number of carbonyl (C=O) groups excluding carboxylic acids is 1. The third-order valence-corrected chi connectivity index (χ3v) is 4.54. The topological polar surface area (TPSA) is 54.0 Å². The van der Waals surface area contributed by atoms with Crippen LogP contribution in [0.25, 0.3) is 0 Å². The van der Waals surface area contributed by atoms with Gasteiger partial charge in [-0.2, -0.15) is 0 Å². The Balaban J connectivity index is 1.56. The van der Waals surface area contributed by atoms with E-state index >= 15 is 0 Å². The second-order valence-electron chi connectivity index (χ2n) is 5.98. The number of hydrogen-bond donors (Lipinski definition) is 1. The summed E-state index contributed by atoms with van der Waals surface area (Å²) in [7, 11) is 0. The fourth-order valence-corrected chi connectivity index (χ4v) is 2.99. The van der Waals surface area contributed by atoms with Gasteiger partial charge in [0.05, 0.1) is 26.4 Å². The van der Waals surface area contributed by atoms with Gasteiger partial charge in [0.25, 0.3) is 0 Å². The SMILES string of the molecule is CC(c1ccc(NC(=O)N2CCOCC2)cc1)N1CCOCC1. The molecule has 2 amide bonds. The molecule has 1 N–H and O–H groups in total. The molecule has 0 aromatic heterocycles. The summed E-state index contributed by atoms with van der Waals surface area (Å²) in [6.07, 6.45) is 0. The van der Waals surface area contributed by atoms with Crippen LogP contribution >= 0.6 is 0 Å². The predicted molar refractivity (Wildman–Crippen MR) is 88.7 cm³/mol. The molecule has 2 aliphatic rings. The maximum Gasteiger partial charge on any atom is 0.321 e. The lowest BCUT2D eigenvalue weighted by molar-refractivity contribution is 0.0198. The first-order valence-electron chi connectivity index (χ1n) is 8.29. The molecule has 1 aromatic rings. The minimum absolute atomic E-state index is 0.0534. The molecular formula is C17H25N3O3. The molecule has 2 saturated heterocycles. The Hall–Kier alpha value is -1.63. The van der Waals surface area contributed by atoms with Crippen LogP contribution in [0.3, 0.4) is 0 Å². The van der Waals surface area contributed by atoms with Crippen LogP contribution in [-0.2, 0) is 9.47 Å². The second kappa shape index (κ2) is 7.77. The van der Waals surface area contributed by atoms with Gasteiger partial charge >= 0.3 is 6.03 Å². The second-order valence-corrected chi connectivity index (χ2v) is 5.98. The molecule has 23 heavy (non-hydrogen) atoms. The van der Waals surface area contributed by atoms with Crippen molar-refractivity contribution in [2.45, 2.75) is 13.0 Å². The first kappa shape index (κ1) is 16.2. The average Bonchev–Trinajstić information content (AvgIpc) is 2.63. The minimum Gasteiger partial charge on any atom is -0.379 e. The number of urea groups is 1. The summed E-state index contributed by atoms with van der Waals surface area (Å²) in [5.41, 5.74) is 2.09. The van der Waals surface area contributed by atoms with E-state index in [0.717, 1.165) is 32.0 Å². The van der Waals surface area contributed by atoms with Crippen LogP contribution in [0.1, 0.15) is 18.5 Å². The zero-order chi connectivity index (χ0) is 16.1. The number of morpholine rings is 2. The van der Waals surface area contributed by atoms with Gasteiger partial charge in [-0.25, -0.2) is 4.79 Å². The molecule has 126 valence electrons. The summed E-state index contributed by atoms with van der Waals surface area (Å²) in [6, 6.07) is 8.45. The van der Waals surface area contributed by atoms with Crippen LogP contribution in [0.15, 0.2) is 24.3 Å². The van der Waals surface area contributed by atoms with Crippen molar-refractivity contribution in [3.05, 3.63) is 29.8 Å². The highest BCUT2D eigenvalue weighted by Crippen LogP contribution is 2.22. The van der Waals surface area contributed by atoms with Crippen molar-refractivity contribution >= 4 is 11.7 Å². The number of rotatable bonds is 3. The highest BCUT2D eigenvalue weighted by atomic mass is 16.5. The van der Waals surface area contributed by atoms with E-state index in [1.54, 1.807) is 4.90 Å². The number of nitrogens with one attached hydrogen (secondary N) is 1. The summed E-state index contributed by atoms with van der Waals surface area (Å²) in [5, 5.41) is 2.96. The van der Waals surface area contributed by atoms with Crippen molar-refractivity contribution in [2.24, 2.45) is 0 Å². The smallest absolute Gasteiger partial charge is 0.321 e. The van der Waals surface area contributed by atoms with Gasteiger partial charge in [0.1, 0.15) is 0 Å². The Morgan fingerprint density at radius 2 is 1.57 bits per heavy atom. The Kier molecular flexibility index (Phi) is 5.48. The predicted octanol–water partition coefficient (Wildman–Crippen LogP) is 1.94. The zero-order valence-corrected chi connectivity index (χ0v) is 13.7. The zero-order valence-electron chi connectivity index (χ0n) is 13.7. The summed E-state index contributed by atoms with van der Waals surface area (Å²) >= 11 is 0. The Bertz CT molecular complexity index is 508. The van der Waals surface area contributed by atoms with E-state index in [1.807, 2.05) is 12.1 Å². The van der Waals surface area contributed by atoms with Crippen molar-refractivity contribution < 1.29 is 14.3 Å². The lowest BCUT2D eigenvalue weighted by Gasteiger charge is -2.32. The van der Waals surface area contributed by atoms with Crippen LogP contribution in [0.2, 0.25) is 0 Å². The Morgan fingerprint density at radius 3 is 2.17 bits per heavy atom. The summed E-state index contributed by atoms with van der Waals surface area (Å²) in [4.78, 5) is 16.4. The van der Waals surface area contributed by atoms with E-state index in [9.17, 15) is 4.79 Å². The molecule has 2 fully saturated rings. The van der Waals surface area contributed by atoms with Crippen molar-refractivity contribution in [1.29, 1.82) is 0 Å². The van der Waals surface area contributed by atoms with Crippen LogP contribution < -0.4 is 5.32 Å². The maximum atomic E-state index is 12.2. The molecule has 1 atom stereocenters. The van der Waals surface area contributed by atoms with Crippen LogP contribution in [0.4, 0.5) is 10.5 Å². The van der Waals surface area contributed by atoms with E-state index in [-0.39, 0.29) is 6.03 Å². The van der Waals surface area contributed by atoms with Gasteiger partial charge < -0.3 is 19.7 Å². The Morgan fingerprint density at radius 1 is 1.00 bits per heavy atom. The highest BCUT2D eigenvalue weighted by Gasteiger charge is 2.19. The maximum absolute atomic E-state index is 12.2. The van der Waals surface area contributed by atoms with E-state index in [1.165, 1.54) is 5.56 Å². The van der Waals surface area contributed by atoms with Gasteiger partial charge in [0, 0.05) is 37.9 Å². The molecule has 1 aromatic carbocycles.